The maximum atomic E-state index is 12.3. The summed E-state index contributed by atoms with van der Waals surface area (Å²) in [6.07, 6.45) is 3.79. The van der Waals surface area contributed by atoms with Crippen LogP contribution in [0.3, 0.4) is 0 Å². The number of nitrogens with zero attached hydrogens (tertiary/aromatic N) is 3. The molecule has 0 aliphatic heterocycles. The Labute approximate surface area is 178 Å². The Morgan fingerprint density at radius 3 is 2.39 bits per heavy atom. The lowest BCUT2D eigenvalue weighted by Crippen LogP contribution is -2.14. The minimum Gasteiger partial charge on any atom is -0.339 e. The van der Waals surface area contributed by atoms with Crippen LogP contribution in [-0.2, 0) is 11.2 Å². The highest BCUT2D eigenvalue weighted by Crippen LogP contribution is 2.18. The SMILES string of the molecule is O=C(CCc1nc(-c2ccncc2)no1)Nc1cccc(NC(=O)c2ccccc2)c1. The summed E-state index contributed by atoms with van der Waals surface area (Å²) in [6.45, 7) is 0. The van der Waals surface area contributed by atoms with E-state index in [1.165, 1.54) is 0 Å². The van der Waals surface area contributed by atoms with E-state index in [0.29, 0.717) is 35.1 Å². The summed E-state index contributed by atoms with van der Waals surface area (Å²) in [7, 11) is 0. The monoisotopic (exact) mass is 413 g/mol. The van der Waals surface area contributed by atoms with Crippen molar-refractivity contribution in [2.45, 2.75) is 12.8 Å². The quantitative estimate of drug-likeness (QED) is 0.475. The van der Waals surface area contributed by atoms with Gasteiger partial charge in [0.05, 0.1) is 0 Å². The lowest BCUT2D eigenvalue weighted by Gasteiger charge is -2.08. The molecule has 4 aromatic rings. The number of hydrogen-bond donors (Lipinski definition) is 2. The zero-order valence-electron chi connectivity index (χ0n) is 16.5. The van der Waals surface area contributed by atoms with Gasteiger partial charge in [-0.3, -0.25) is 14.6 Å². The van der Waals surface area contributed by atoms with Crippen molar-refractivity contribution in [1.82, 2.24) is 15.1 Å². The number of rotatable bonds is 7. The van der Waals surface area contributed by atoms with Gasteiger partial charge in [-0.05, 0) is 42.5 Å². The molecule has 0 radical (unpaired) electrons. The zero-order chi connectivity index (χ0) is 21.5. The highest BCUT2D eigenvalue weighted by atomic mass is 16.5. The van der Waals surface area contributed by atoms with E-state index in [0.717, 1.165) is 5.56 Å². The smallest absolute Gasteiger partial charge is 0.255 e. The molecule has 0 saturated heterocycles. The Bertz CT molecular complexity index is 1180. The molecule has 0 unspecified atom stereocenters. The van der Waals surface area contributed by atoms with E-state index >= 15 is 0 Å². The summed E-state index contributed by atoms with van der Waals surface area (Å²) in [5, 5.41) is 9.56. The molecule has 0 spiro atoms. The minimum atomic E-state index is -0.217. The van der Waals surface area contributed by atoms with Crippen LogP contribution in [0.4, 0.5) is 11.4 Å². The van der Waals surface area contributed by atoms with Crippen molar-refractivity contribution in [1.29, 1.82) is 0 Å². The zero-order valence-corrected chi connectivity index (χ0v) is 16.5. The molecule has 31 heavy (non-hydrogen) atoms. The molecule has 0 fully saturated rings. The van der Waals surface area contributed by atoms with Gasteiger partial charge in [-0.15, -0.1) is 0 Å². The molecule has 8 heteroatoms. The second-order valence-corrected chi connectivity index (χ2v) is 6.70. The summed E-state index contributed by atoms with van der Waals surface area (Å²) >= 11 is 0. The van der Waals surface area contributed by atoms with Crippen LogP contribution >= 0.6 is 0 Å². The summed E-state index contributed by atoms with van der Waals surface area (Å²) in [6, 6.07) is 19.5. The largest absolute Gasteiger partial charge is 0.339 e. The second-order valence-electron chi connectivity index (χ2n) is 6.70. The molecule has 0 aliphatic carbocycles. The number of aromatic nitrogens is 3. The van der Waals surface area contributed by atoms with Crippen LogP contribution in [0.15, 0.2) is 83.6 Å². The van der Waals surface area contributed by atoms with Gasteiger partial charge in [0.1, 0.15) is 0 Å². The van der Waals surface area contributed by atoms with Gasteiger partial charge in [0.15, 0.2) is 0 Å². The third kappa shape index (κ3) is 5.39. The first-order valence-electron chi connectivity index (χ1n) is 9.67. The van der Waals surface area contributed by atoms with Gasteiger partial charge in [0.25, 0.3) is 5.91 Å². The van der Waals surface area contributed by atoms with Gasteiger partial charge in [-0.2, -0.15) is 4.98 Å². The molecule has 0 atom stereocenters. The second kappa shape index (κ2) is 9.45. The molecular formula is C23H19N5O3. The molecule has 154 valence electrons. The standard InChI is InChI=1S/C23H19N5O3/c29-20(9-10-21-27-22(28-31-21)16-11-13-24-14-12-16)25-18-7-4-8-19(15-18)26-23(30)17-5-2-1-3-6-17/h1-8,11-15H,9-10H2,(H,25,29)(H,26,30). The predicted molar refractivity (Wildman–Crippen MR) is 115 cm³/mol. The summed E-state index contributed by atoms with van der Waals surface area (Å²) in [5.41, 5.74) is 2.52. The summed E-state index contributed by atoms with van der Waals surface area (Å²) < 4.78 is 5.22. The molecule has 2 heterocycles. The fraction of sp³-hybridized carbons (Fsp3) is 0.0870. The Balaban J connectivity index is 1.31. The lowest BCUT2D eigenvalue weighted by atomic mass is 10.2. The van der Waals surface area contributed by atoms with Crippen molar-refractivity contribution in [3.63, 3.8) is 0 Å². The number of aryl methyl sites for hydroxylation is 1. The first-order chi connectivity index (χ1) is 15.2. The van der Waals surface area contributed by atoms with Gasteiger partial charge in [0, 0.05) is 47.7 Å². The average Bonchev–Trinajstić information content (AvgIpc) is 3.28. The summed E-state index contributed by atoms with van der Waals surface area (Å²) in [5.74, 6) is 0.422. The normalized spacial score (nSPS) is 10.5. The molecule has 2 aromatic heterocycles. The average molecular weight is 413 g/mol. The molecule has 4 rings (SSSR count). The van der Waals surface area contributed by atoms with E-state index < -0.39 is 0 Å². The van der Waals surface area contributed by atoms with E-state index in [1.54, 1.807) is 73.1 Å². The van der Waals surface area contributed by atoms with Crippen molar-refractivity contribution in [2.75, 3.05) is 10.6 Å². The Morgan fingerprint density at radius 1 is 0.871 bits per heavy atom. The van der Waals surface area contributed by atoms with Gasteiger partial charge < -0.3 is 15.2 Å². The van der Waals surface area contributed by atoms with Crippen LogP contribution in [0.2, 0.25) is 0 Å². The van der Waals surface area contributed by atoms with Crippen LogP contribution in [0.5, 0.6) is 0 Å². The summed E-state index contributed by atoms with van der Waals surface area (Å²) in [4.78, 5) is 32.9. The first-order valence-corrected chi connectivity index (χ1v) is 9.67. The van der Waals surface area contributed by atoms with Crippen LogP contribution in [0.1, 0.15) is 22.7 Å². The van der Waals surface area contributed by atoms with Crippen LogP contribution in [0, 0.1) is 0 Å². The first kappa shape index (κ1) is 20.0. The number of carbonyl (C=O) groups excluding carboxylic acids is 2. The Kier molecular flexibility index (Phi) is 6.08. The molecular weight excluding hydrogens is 394 g/mol. The highest BCUT2D eigenvalue weighted by molar-refractivity contribution is 6.04. The Morgan fingerprint density at radius 2 is 1.61 bits per heavy atom. The van der Waals surface area contributed by atoms with E-state index in [9.17, 15) is 9.59 Å². The van der Waals surface area contributed by atoms with E-state index in [2.05, 4.69) is 25.8 Å². The number of hydrogen-bond acceptors (Lipinski definition) is 6. The number of amides is 2. The predicted octanol–water partition coefficient (Wildman–Crippen LogP) is 3.96. The van der Waals surface area contributed by atoms with Crippen LogP contribution in [-0.4, -0.2) is 26.9 Å². The maximum absolute atomic E-state index is 12.3. The van der Waals surface area contributed by atoms with Gasteiger partial charge in [-0.1, -0.05) is 29.4 Å². The molecule has 2 amide bonds. The third-order valence-electron chi connectivity index (χ3n) is 4.41. The van der Waals surface area contributed by atoms with Crippen molar-refractivity contribution < 1.29 is 14.1 Å². The van der Waals surface area contributed by atoms with Crippen molar-refractivity contribution in [2.24, 2.45) is 0 Å². The van der Waals surface area contributed by atoms with Crippen molar-refractivity contribution in [3.8, 4) is 11.4 Å². The third-order valence-corrected chi connectivity index (χ3v) is 4.41. The maximum Gasteiger partial charge on any atom is 0.255 e. The molecule has 0 bridgehead atoms. The fourth-order valence-electron chi connectivity index (χ4n) is 2.89. The lowest BCUT2D eigenvalue weighted by molar-refractivity contribution is -0.116. The van der Waals surface area contributed by atoms with Gasteiger partial charge in [0.2, 0.25) is 17.6 Å². The fourth-order valence-corrected chi connectivity index (χ4v) is 2.89. The Hall–Kier alpha value is -4.33. The molecule has 8 nitrogen and oxygen atoms in total. The van der Waals surface area contributed by atoms with E-state index in [-0.39, 0.29) is 18.2 Å². The number of anilines is 2. The molecule has 2 aromatic carbocycles. The number of nitrogens with one attached hydrogen (secondary N) is 2. The van der Waals surface area contributed by atoms with E-state index in [4.69, 9.17) is 4.52 Å². The van der Waals surface area contributed by atoms with E-state index in [1.807, 2.05) is 6.07 Å². The minimum absolute atomic E-state index is 0.179. The molecule has 0 saturated carbocycles. The number of benzene rings is 2. The number of pyridine rings is 1. The van der Waals surface area contributed by atoms with Crippen LogP contribution < -0.4 is 10.6 Å². The highest BCUT2D eigenvalue weighted by Gasteiger charge is 2.11. The van der Waals surface area contributed by atoms with Crippen molar-refractivity contribution >= 4 is 23.2 Å². The van der Waals surface area contributed by atoms with Gasteiger partial charge in [-0.25, -0.2) is 0 Å². The van der Waals surface area contributed by atoms with Gasteiger partial charge >= 0.3 is 0 Å². The number of carbonyl (C=O) groups is 2. The molecule has 0 aliphatic rings. The van der Waals surface area contributed by atoms with Crippen LogP contribution in [0.25, 0.3) is 11.4 Å². The molecule has 2 N–H and O–H groups in total. The van der Waals surface area contributed by atoms with Crippen molar-refractivity contribution in [3.05, 3.63) is 90.6 Å². The topological polar surface area (TPSA) is 110 Å².